The van der Waals surface area contributed by atoms with Gasteiger partial charge in [0, 0.05) is 37.4 Å². The van der Waals surface area contributed by atoms with Crippen molar-refractivity contribution in [3.05, 3.63) is 77.9 Å². The summed E-state index contributed by atoms with van der Waals surface area (Å²) in [7, 11) is -1.04. The van der Waals surface area contributed by atoms with E-state index in [0.717, 1.165) is 17.0 Å². The highest BCUT2D eigenvalue weighted by Crippen LogP contribution is 2.34. The number of carbonyl (C=O) groups is 1. The SMILES string of the molecule is COc1ccc(N2CCN(C(=O)Cc3cccc(OC)c3OS(=O)(=O)c3ccc(C)cc3)CC2)cc1. The molecule has 4 rings (SSSR count). The normalized spacial score (nSPS) is 13.9. The van der Waals surface area contributed by atoms with Crippen molar-refractivity contribution in [1.29, 1.82) is 0 Å². The van der Waals surface area contributed by atoms with Gasteiger partial charge in [-0.1, -0.05) is 29.8 Å². The second kappa shape index (κ2) is 10.9. The number of benzene rings is 3. The van der Waals surface area contributed by atoms with Crippen molar-refractivity contribution in [3.63, 3.8) is 0 Å². The van der Waals surface area contributed by atoms with Gasteiger partial charge in [-0.25, -0.2) is 0 Å². The number of amides is 1. The first-order chi connectivity index (χ1) is 17.3. The average molecular weight is 511 g/mol. The molecular formula is C27H30N2O6S. The van der Waals surface area contributed by atoms with Gasteiger partial charge >= 0.3 is 10.1 Å². The van der Waals surface area contributed by atoms with Crippen molar-refractivity contribution in [1.82, 2.24) is 4.90 Å². The van der Waals surface area contributed by atoms with Gasteiger partial charge in [-0.2, -0.15) is 8.42 Å². The van der Waals surface area contributed by atoms with Crippen LogP contribution in [0.15, 0.2) is 71.6 Å². The Bertz CT molecular complexity index is 1300. The quantitative estimate of drug-likeness (QED) is 0.428. The molecule has 3 aromatic carbocycles. The van der Waals surface area contributed by atoms with Crippen LogP contribution in [-0.2, 0) is 21.3 Å². The van der Waals surface area contributed by atoms with Gasteiger partial charge in [-0.05, 0) is 49.4 Å². The van der Waals surface area contributed by atoms with Gasteiger partial charge in [0.05, 0.1) is 20.6 Å². The molecular weight excluding hydrogens is 480 g/mol. The van der Waals surface area contributed by atoms with Crippen LogP contribution < -0.4 is 18.6 Å². The molecule has 0 saturated carbocycles. The molecule has 1 aliphatic heterocycles. The van der Waals surface area contributed by atoms with Crippen LogP contribution in [0, 0.1) is 6.92 Å². The molecule has 1 fully saturated rings. The molecule has 0 atom stereocenters. The van der Waals surface area contributed by atoms with E-state index in [0.29, 0.717) is 31.7 Å². The van der Waals surface area contributed by atoms with Crippen LogP contribution in [0.1, 0.15) is 11.1 Å². The maximum Gasteiger partial charge on any atom is 0.339 e. The van der Waals surface area contributed by atoms with E-state index in [1.807, 2.05) is 31.2 Å². The summed E-state index contributed by atoms with van der Waals surface area (Å²) in [5, 5.41) is 0. The van der Waals surface area contributed by atoms with E-state index < -0.39 is 10.1 Å². The lowest BCUT2D eigenvalue weighted by Crippen LogP contribution is -2.49. The minimum absolute atomic E-state index is 0.00150. The zero-order valence-electron chi connectivity index (χ0n) is 20.6. The molecule has 0 radical (unpaired) electrons. The van der Waals surface area contributed by atoms with E-state index in [2.05, 4.69) is 4.90 Å². The Hall–Kier alpha value is -3.72. The van der Waals surface area contributed by atoms with Gasteiger partial charge in [0.1, 0.15) is 10.6 Å². The molecule has 1 saturated heterocycles. The number of ether oxygens (including phenoxy) is 2. The van der Waals surface area contributed by atoms with Gasteiger partial charge in [0.2, 0.25) is 5.91 Å². The number of hydrogen-bond acceptors (Lipinski definition) is 7. The number of para-hydroxylation sites is 1. The first kappa shape index (κ1) is 25.4. The van der Waals surface area contributed by atoms with E-state index in [-0.39, 0.29) is 28.7 Å². The van der Waals surface area contributed by atoms with Crippen molar-refractivity contribution in [2.45, 2.75) is 18.2 Å². The summed E-state index contributed by atoms with van der Waals surface area (Å²) in [4.78, 5) is 17.2. The standard InChI is InChI=1S/C27H30N2O6S/c1-20-7-13-24(14-8-20)36(31,32)35-27-21(5-4-6-25(27)34-3)19-26(30)29-17-15-28(16-18-29)22-9-11-23(33-2)12-10-22/h4-14H,15-19H2,1-3H3. The molecule has 0 N–H and O–H groups in total. The summed E-state index contributed by atoms with van der Waals surface area (Å²) in [5.41, 5.74) is 2.46. The van der Waals surface area contributed by atoms with Gasteiger partial charge < -0.3 is 23.5 Å². The zero-order chi connectivity index (χ0) is 25.7. The first-order valence-corrected chi connectivity index (χ1v) is 13.1. The van der Waals surface area contributed by atoms with E-state index in [1.165, 1.54) is 19.2 Å². The van der Waals surface area contributed by atoms with Gasteiger partial charge in [-0.15, -0.1) is 0 Å². The number of aryl methyl sites for hydroxylation is 1. The minimum atomic E-state index is -4.11. The number of rotatable bonds is 8. The summed E-state index contributed by atoms with van der Waals surface area (Å²) >= 11 is 0. The summed E-state index contributed by atoms with van der Waals surface area (Å²) < 4.78 is 42.0. The number of piperazine rings is 1. The predicted octanol–water partition coefficient (Wildman–Crippen LogP) is 3.67. The molecule has 0 aromatic heterocycles. The molecule has 0 aliphatic carbocycles. The van der Waals surface area contributed by atoms with Crippen molar-refractivity contribution < 1.29 is 26.9 Å². The molecule has 0 spiro atoms. The van der Waals surface area contributed by atoms with Crippen LogP contribution >= 0.6 is 0 Å². The molecule has 1 heterocycles. The van der Waals surface area contributed by atoms with E-state index in [4.69, 9.17) is 13.7 Å². The third kappa shape index (κ3) is 5.73. The molecule has 1 amide bonds. The molecule has 1 aliphatic rings. The lowest BCUT2D eigenvalue weighted by Gasteiger charge is -2.36. The Labute approximate surface area is 212 Å². The lowest BCUT2D eigenvalue weighted by atomic mass is 10.1. The molecule has 8 nitrogen and oxygen atoms in total. The van der Waals surface area contributed by atoms with Crippen molar-refractivity contribution >= 4 is 21.7 Å². The second-order valence-electron chi connectivity index (χ2n) is 8.54. The Kier molecular flexibility index (Phi) is 7.69. The fourth-order valence-corrected chi connectivity index (χ4v) is 5.07. The Morgan fingerprint density at radius 3 is 2.14 bits per heavy atom. The first-order valence-electron chi connectivity index (χ1n) is 11.6. The molecule has 0 bridgehead atoms. The number of hydrogen-bond donors (Lipinski definition) is 0. The van der Waals surface area contributed by atoms with Crippen LogP contribution in [0.25, 0.3) is 0 Å². The second-order valence-corrected chi connectivity index (χ2v) is 10.1. The van der Waals surface area contributed by atoms with Crippen LogP contribution in [0.4, 0.5) is 5.69 Å². The third-order valence-corrected chi connectivity index (χ3v) is 7.43. The number of anilines is 1. The minimum Gasteiger partial charge on any atom is -0.497 e. The summed E-state index contributed by atoms with van der Waals surface area (Å²) in [6.45, 7) is 4.39. The number of carbonyl (C=O) groups excluding carboxylic acids is 1. The smallest absolute Gasteiger partial charge is 0.339 e. The summed E-state index contributed by atoms with van der Waals surface area (Å²) in [5.74, 6) is 0.981. The Morgan fingerprint density at radius 1 is 0.861 bits per heavy atom. The molecule has 36 heavy (non-hydrogen) atoms. The van der Waals surface area contributed by atoms with E-state index >= 15 is 0 Å². The van der Waals surface area contributed by atoms with Crippen molar-refractivity contribution in [2.75, 3.05) is 45.3 Å². The highest BCUT2D eigenvalue weighted by atomic mass is 32.2. The van der Waals surface area contributed by atoms with Crippen molar-refractivity contribution in [2.24, 2.45) is 0 Å². The van der Waals surface area contributed by atoms with Gasteiger partial charge in [0.15, 0.2) is 11.5 Å². The topological polar surface area (TPSA) is 85.4 Å². The summed E-state index contributed by atoms with van der Waals surface area (Å²) in [6, 6.07) is 19.3. The Morgan fingerprint density at radius 2 is 1.53 bits per heavy atom. The van der Waals surface area contributed by atoms with E-state index in [1.54, 1.807) is 42.3 Å². The summed E-state index contributed by atoms with van der Waals surface area (Å²) in [6.07, 6.45) is -0.00150. The highest BCUT2D eigenvalue weighted by Gasteiger charge is 2.26. The van der Waals surface area contributed by atoms with Crippen molar-refractivity contribution in [3.8, 4) is 17.2 Å². The number of methoxy groups -OCH3 is 2. The lowest BCUT2D eigenvalue weighted by molar-refractivity contribution is -0.130. The molecule has 0 unspecified atom stereocenters. The third-order valence-electron chi connectivity index (χ3n) is 6.19. The van der Waals surface area contributed by atoms with Crippen LogP contribution in [-0.4, -0.2) is 59.6 Å². The fourth-order valence-electron chi connectivity index (χ4n) is 4.10. The maximum atomic E-state index is 13.2. The van der Waals surface area contributed by atoms with Crippen LogP contribution in [0.5, 0.6) is 17.2 Å². The number of nitrogens with zero attached hydrogens (tertiary/aromatic N) is 2. The van der Waals surface area contributed by atoms with Gasteiger partial charge in [0.25, 0.3) is 0 Å². The van der Waals surface area contributed by atoms with Crippen LogP contribution in [0.2, 0.25) is 0 Å². The Balaban J connectivity index is 1.46. The fraction of sp³-hybridized carbons (Fsp3) is 0.296. The van der Waals surface area contributed by atoms with Gasteiger partial charge in [-0.3, -0.25) is 4.79 Å². The van der Waals surface area contributed by atoms with Crippen LogP contribution in [0.3, 0.4) is 0 Å². The maximum absolute atomic E-state index is 13.2. The molecule has 9 heteroatoms. The molecule has 3 aromatic rings. The van der Waals surface area contributed by atoms with E-state index in [9.17, 15) is 13.2 Å². The average Bonchev–Trinajstić information content (AvgIpc) is 2.90. The largest absolute Gasteiger partial charge is 0.497 e. The highest BCUT2D eigenvalue weighted by molar-refractivity contribution is 7.87. The molecule has 190 valence electrons. The predicted molar refractivity (Wildman–Crippen MR) is 137 cm³/mol. The monoisotopic (exact) mass is 510 g/mol. The zero-order valence-corrected chi connectivity index (χ0v) is 21.5.